The smallest absolute Gasteiger partial charge is 0.266 e. The summed E-state index contributed by atoms with van der Waals surface area (Å²) in [6, 6.07) is 15.8. The molecule has 198 valence electrons. The number of hydrogen-bond donors (Lipinski definition) is 1. The summed E-state index contributed by atoms with van der Waals surface area (Å²) in [5.74, 6) is -0.779. The van der Waals surface area contributed by atoms with E-state index in [0.717, 1.165) is 51.4 Å². The lowest BCUT2D eigenvalue weighted by atomic mass is 10.1. The van der Waals surface area contributed by atoms with Gasteiger partial charge in [-0.1, -0.05) is 53.5 Å². The fraction of sp³-hybridized carbons (Fsp3) is 0.148. The van der Waals surface area contributed by atoms with Gasteiger partial charge in [0.05, 0.1) is 30.5 Å². The first-order valence-electron chi connectivity index (χ1n) is 11.9. The molecule has 5 aromatic rings. The summed E-state index contributed by atoms with van der Waals surface area (Å²) in [5.41, 5.74) is 5.47. The summed E-state index contributed by atoms with van der Waals surface area (Å²) in [5, 5.41) is 2.13. The topological polar surface area (TPSA) is 103 Å². The molecule has 1 aliphatic heterocycles. The minimum atomic E-state index is -4.16. The van der Waals surface area contributed by atoms with E-state index >= 15 is 0 Å². The SMILES string of the molecule is O=C(/C=C/c1cccc2c3c(n(Cc4ccc(Cl)cc4Cl)c12)CCOC3)NS(=O)(=O)c1cccc2nsnc12. The molecule has 0 fully saturated rings. The second-order valence-corrected chi connectivity index (χ2v) is 12.0. The highest BCUT2D eigenvalue weighted by molar-refractivity contribution is 7.90. The van der Waals surface area contributed by atoms with Crippen LogP contribution in [-0.4, -0.2) is 34.2 Å². The number of rotatable bonds is 6. The molecule has 39 heavy (non-hydrogen) atoms. The lowest BCUT2D eigenvalue weighted by molar-refractivity contribution is -0.114. The maximum absolute atomic E-state index is 13.0. The number of benzene rings is 3. The van der Waals surface area contributed by atoms with Gasteiger partial charge in [-0.2, -0.15) is 8.75 Å². The Morgan fingerprint density at radius 2 is 1.97 bits per heavy atom. The second kappa shape index (κ2) is 10.4. The van der Waals surface area contributed by atoms with Crippen LogP contribution in [0.4, 0.5) is 0 Å². The lowest BCUT2D eigenvalue weighted by Gasteiger charge is -2.17. The number of nitrogens with zero attached hydrogens (tertiary/aromatic N) is 3. The largest absolute Gasteiger partial charge is 0.376 e. The van der Waals surface area contributed by atoms with Crippen LogP contribution < -0.4 is 4.72 Å². The molecule has 0 unspecified atom stereocenters. The van der Waals surface area contributed by atoms with Crippen LogP contribution in [-0.2, 0) is 39.1 Å². The van der Waals surface area contributed by atoms with Crippen molar-refractivity contribution in [2.24, 2.45) is 0 Å². The van der Waals surface area contributed by atoms with E-state index in [2.05, 4.69) is 18.0 Å². The Hall–Kier alpha value is -3.28. The number of aromatic nitrogens is 3. The molecule has 0 saturated heterocycles. The van der Waals surface area contributed by atoms with Crippen molar-refractivity contribution in [3.05, 3.63) is 93.1 Å². The lowest BCUT2D eigenvalue weighted by Crippen LogP contribution is -2.29. The molecule has 0 spiro atoms. The van der Waals surface area contributed by atoms with Crippen LogP contribution in [0.25, 0.3) is 28.0 Å². The summed E-state index contributed by atoms with van der Waals surface area (Å²) in [7, 11) is -4.16. The van der Waals surface area contributed by atoms with Gasteiger partial charge in [0, 0.05) is 45.7 Å². The van der Waals surface area contributed by atoms with Gasteiger partial charge < -0.3 is 9.30 Å². The highest BCUT2D eigenvalue weighted by Crippen LogP contribution is 2.34. The van der Waals surface area contributed by atoms with E-state index in [1.54, 1.807) is 30.3 Å². The number of carbonyl (C=O) groups is 1. The summed E-state index contributed by atoms with van der Waals surface area (Å²) in [6.07, 6.45) is 3.56. The molecule has 0 bridgehead atoms. The molecular weight excluding hydrogens is 579 g/mol. The molecule has 3 heterocycles. The predicted octanol–water partition coefficient (Wildman–Crippen LogP) is 5.59. The maximum Gasteiger partial charge on any atom is 0.266 e. The Bertz CT molecular complexity index is 1900. The van der Waals surface area contributed by atoms with Crippen molar-refractivity contribution < 1.29 is 17.9 Å². The number of nitrogens with one attached hydrogen (secondary N) is 1. The Labute approximate surface area is 238 Å². The minimum absolute atomic E-state index is 0.0982. The molecule has 0 atom stereocenters. The van der Waals surface area contributed by atoms with Gasteiger partial charge in [0.1, 0.15) is 15.9 Å². The molecule has 0 radical (unpaired) electrons. The number of fused-ring (bicyclic) bond motifs is 4. The predicted molar refractivity (Wildman–Crippen MR) is 153 cm³/mol. The highest BCUT2D eigenvalue weighted by atomic mass is 35.5. The van der Waals surface area contributed by atoms with Crippen molar-refractivity contribution in [3.8, 4) is 0 Å². The fourth-order valence-electron chi connectivity index (χ4n) is 4.86. The summed E-state index contributed by atoms with van der Waals surface area (Å²) >= 11 is 13.5. The van der Waals surface area contributed by atoms with Crippen molar-refractivity contribution in [1.29, 1.82) is 0 Å². The first-order chi connectivity index (χ1) is 18.8. The normalized spacial score (nSPS) is 13.8. The highest BCUT2D eigenvalue weighted by Gasteiger charge is 2.23. The van der Waals surface area contributed by atoms with Crippen LogP contribution in [0.3, 0.4) is 0 Å². The quantitative estimate of drug-likeness (QED) is 0.255. The van der Waals surface area contributed by atoms with Gasteiger partial charge in [-0.25, -0.2) is 13.1 Å². The summed E-state index contributed by atoms with van der Waals surface area (Å²) < 4.78 is 44.1. The molecule has 3 aromatic carbocycles. The average Bonchev–Trinajstić information content (AvgIpc) is 3.52. The Morgan fingerprint density at radius 3 is 2.82 bits per heavy atom. The van der Waals surface area contributed by atoms with Gasteiger partial charge >= 0.3 is 0 Å². The molecule has 6 rings (SSSR count). The number of para-hydroxylation sites is 1. The number of hydrogen-bond acceptors (Lipinski definition) is 7. The second-order valence-electron chi connectivity index (χ2n) is 8.98. The minimum Gasteiger partial charge on any atom is -0.376 e. The van der Waals surface area contributed by atoms with Gasteiger partial charge in [0.2, 0.25) is 0 Å². The van der Waals surface area contributed by atoms with E-state index in [-0.39, 0.29) is 10.4 Å². The number of ether oxygens (including phenoxy) is 1. The van der Waals surface area contributed by atoms with Crippen molar-refractivity contribution in [2.75, 3.05) is 6.61 Å². The molecule has 0 saturated carbocycles. The van der Waals surface area contributed by atoms with Crippen molar-refractivity contribution in [3.63, 3.8) is 0 Å². The van der Waals surface area contributed by atoms with Crippen molar-refractivity contribution in [1.82, 2.24) is 18.0 Å². The zero-order valence-electron chi connectivity index (χ0n) is 20.2. The van der Waals surface area contributed by atoms with E-state index in [1.807, 2.05) is 24.3 Å². The summed E-state index contributed by atoms with van der Waals surface area (Å²) in [4.78, 5) is 12.7. The van der Waals surface area contributed by atoms with Crippen LogP contribution in [0, 0.1) is 0 Å². The summed E-state index contributed by atoms with van der Waals surface area (Å²) in [6.45, 7) is 1.58. The zero-order chi connectivity index (χ0) is 27.1. The van der Waals surface area contributed by atoms with Gasteiger partial charge in [-0.15, -0.1) is 0 Å². The fourth-order valence-corrected chi connectivity index (χ4v) is 7.04. The number of amides is 1. The van der Waals surface area contributed by atoms with Gasteiger partial charge in [0.15, 0.2) is 0 Å². The zero-order valence-corrected chi connectivity index (χ0v) is 23.4. The Balaban J connectivity index is 1.36. The third-order valence-electron chi connectivity index (χ3n) is 6.60. The van der Waals surface area contributed by atoms with Crippen LogP contribution in [0.5, 0.6) is 0 Å². The standard InChI is InChI=1S/C27H20Cl2N4O4S2/c28-18-9-7-17(21(29)13-18)14-33-23-11-12-37-15-20(23)19-4-1-3-16(27(19)33)8-10-25(34)32-39(35,36)24-6-2-5-22-26(24)31-38-30-22/h1-10,13H,11-12,14-15H2,(H,32,34)/b10-8+. The molecule has 1 aliphatic rings. The average molecular weight is 600 g/mol. The Kier molecular flexibility index (Phi) is 6.90. The third-order valence-corrected chi connectivity index (χ3v) is 9.11. The number of sulfonamides is 1. The molecule has 1 N–H and O–H groups in total. The molecule has 12 heteroatoms. The molecule has 0 aliphatic carbocycles. The maximum atomic E-state index is 13.0. The van der Waals surface area contributed by atoms with Crippen molar-refractivity contribution >= 4 is 78.9 Å². The molecule has 8 nitrogen and oxygen atoms in total. The first kappa shape index (κ1) is 26.0. The Morgan fingerprint density at radius 1 is 1.13 bits per heavy atom. The number of carbonyl (C=O) groups excluding carboxylic acids is 1. The van der Waals surface area contributed by atoms with E-state index in [1.165, 1.54) is 12.1 Å². The van der Waals surface area contributed by atoms with E-state index in [4.69, 9.17) is 27.9 Å². The van der Waals surface area contributed by atoms with E-state index in [9.17, 15) is 13.2 Å². The van der Waals surface area contributed by atoms with Crippen LogP contribution in [0.1, 0.15) is 22.4 Å². The van der Waals surface area contributed by atoms with Crippen LogP contribution in [0.2, 0.25) is 10.0 Å². The van der Waals surface area contributed by atoms with Gasteiger partial charge in [0.25, 0.3) is 15.9 Å². The van der Waals surface area contributed by atoms with E-state index in [0.29, 0.717) is 35.3 Å². The third kappa shape index (κ3) is 4.94. The van der Waals surface area contributed by atoms with Crippen LogP contribution in [0.15, 0.2) is 65.6 Å². The monoisotopic (exact) mass is 598 g/mol. The molecule has 1 amide bonds. The van der Waals surface area contributed by atoms with Crippen molar-refractivity contribution in [2.45, 2.75) is 24.5 Å². The first-order valence-corrected chi connectivity index (χ1v) is 14.9. The van der Waals surface area contributed by atoms with Crippen LogP contribution >= 0.6 is 34.9 Å². The van der Waals surface area contributed by atoms with Gasteiger partial charge in [-0.05, 0) is 41.5 Å². The molecule has 2 aromatic heterocycles. The van der Waals surface area contributed by atoms with E-state index < -0.39 is 15.9 Å². The molecular formula is C27H20Cl2N4O4S2. The van der Waals surface area contributed by atoms with Gasteiger partial charge in [-0.3, -0.25) is 4.79 Å². The number of halogens is 2.